The molecular formula is C16H28ClN3Si2. The highest BCUT2D eigenvalue weighted by Gasteiger charge is 2.50. The molecule has 0 spiro atoms. The molecule has 2 atom stereocenters. The van der Waals surface area contributed by atoms with Crippen molar-refractivity contribution < 1.29 is 0 Å². The number of nitrogens with one attached hydrogen (secondary N) is 1. The van der Waals surface area contributed by atoms with Crippen LogP contribution in [0.3, 0.4) is 0 Å². The van der Waals surface area contributed by atoms with E-state index < -0.39 is 16.1 Å². The summed E-state index contributed by atoms with van der Waals surface area (Å²) in [4.78, 5) is 0. The number of azo groups is 1. The fourth-order valence-corrected chi connectivity index (χ4v) is 6.17. The molecule has 0 fully saturated rings. The standard InChI is InChI=1S/C16H28ClN3Si2/c1-21(2,3)15-11-16(20-19-15,22(4,5)6)12-18-14-9-7-13(17)8-10-14/h7-10,15,18H,11-12H2,1-6H3. The lowest BCUT2D eigenvalue weighted by molar-refractivity contribution is 0.595. The minimum atomic E-state index is -1.49. The van der Waals surface area contributed by atoms with Crippen molar-refractivity contribution in [3.63, 3.8) is 0 Å². The number of rotatable bonds is 5. The van der Waals surface area contributed by atoms with E-state index in [1.807, 2.05) is 24.3 Å². The molecule has 6 heteroatoms. The van der Waals surface area contributed by atoms with Crippen LogP contribution in [0.5, 0.6) is 0 Å². The van der Waals surface area contributed by atoms with Gasteiger partial charge in [0.2, 0.25) is 0 Å². The highest BCUT2D eigenvalue weighted by molar-refractivity contribution is 6.81. The zero-order valence-corrected chi connectivity index (χ0v) is 17.3. The van der Waals surface area contributed by atoms with Gasteiger partial charge in [-0.2, -0.15) is 10.2 Å². The first-order valence-corrected chi connectivity index (χ1v) is 15.4. The molecule has 1 aromatic carbocycles. The lowest BCUT2D eigenvalue weighted by Gasteiger charge is -2.38. The molecule has 3 nitrogen and oxygen atoms in total. The number of anilines is 1. The van der Waals surface area contributed by atoms with Crippen LogP contribution in [0.1, 0.15) is 6.42 Å². The molecule has 22 heavy (non-hydrogen) atoms. The molecule has 1 heterocycles. The zero-order valence-electron chi connectivity index (χ0n) is 14.6. The van der Waals surface area contributed by atoms with Gasteiger partial charge >= 0.3 is 0 Å². The van der Waals surface area contributed by atoms with E-state index in [4.69, 9.17) is 21.8 Å². The summed E-state index contributed by atoms with van der Waals surface area (Å²) in [5.41, 5.74) is 1.56. The summed E-state index contributed by atoms with van der Waals surface area (Å²) >= 11 is 5.96. The third-order valence-electron chi connectivity index (χ3n) is 4.74. The fraction of sp³-hybridized carbons (Fsp3) is 0.625. The van der Waals surface area contributed by atoms with Gasteiger partial charge in [0, 0.05) is 17.3 Å². The summed E-state index contributed by atoms with van der Waals surface area (Å²) in [6.45, 7) is 15.3. The molecule has 1 aliphatic heterocycles. The molecular weight excluding hydrogens is 326 g/mol. The third kappa shape index (κ3) is 3.81. The highest BCUT2D eigenvalue weighted by atomic mass is 35.5. The van der Waals surface area contributed by atoms with Gasteiger partial charge in [-0.25, -0.2) is 0 Å². The maximum Gasteiger partial charge on any atom is 0.0903 e. The Morgan fingerprint density at radius 2 is 1.73 bits per heavy atom. The predicted molar refractivity (Wildman–Crippen MR) is 103 cm³/mol. The number of halogens is 1. The van der Waals surface area contributed by atoms with Crippen molar-refractivity contribution >= 4 is 33.4 Å². The average Bonchev–Trinajstić information content (AvgIpc) is 2.83. The van der Waals surface area contributed by atoms with E-state index in [1.165, 1.54) is 0 Å². The van der Waals surface area contributed by atoms with Gasteiger partial charge in [0.25, 0.3) is 0 Å². The molecule has 0 saturated carbocycles. The molecule has 0 amide bonds. The molecule has 1 aliphatic rings. The van der Waals surface area contributed by atoms with Crippen LogP contribution in [0.2, 0.25) is 44.3 Å². The quantitative estimate of drug-likeness (QED) is 0.700. The van der Waals surface area contributed by atoms with Crippen LogP contribution in [0, 0.1) is 0 Å². The Hall–Kier alpha value is -0.656. The van der Waals surface area contributed by atoms with Gasteiger partial charge in [-0.1, -0.05) is 50.9 Å². The van der Waals surface area contributed by atoms with Gasteiger partial charge in [0.1, 0.15) is 0 Å². The van der Waals surface area contributed by atoms with Crippen molar-refractivity contribution in [2.24, 2.45) is 10.2 Å². The summed E-state index contributed by atoms with van der Waals surface area (Å²) < 4.78 is 0. The molecule has 0 saturated heterocycles. The van der Waals surface area contributed by atoms with Crippen LogP contribution in [-0.4, -0.2) is 33.5 Å². The molecule has 122 valence electrons. The number of hydrogen-bond donors (Lipinski definition) is 1. The van der Waals surface area contributed by atoms with E-state index in [2.05, 4.69) is 44.6 Å². The smallest absolute Gasteiger partial charge is 0.0903 e. The van der Waals surface area contributed by atoms with E-state index in [9.17, 15) is 0 Å². The van der Waals surface area contributed by atoms with Gasteiger partial charge in [0.05, 0.1) is 27.0 Å². The van der Waals surface area contributed by atoms with Gasteiger partial charge in [-0.05, 0) is 30.7 Å². The lowest BCUT2D eigenvalue weighted by atomic mass is 10.2. The Balaban J connectivity index is 2.15. The summed E-state index contributed by atoms with van der Waals surface area (Å²) in [6, 6.07) is 7.91. The van der Waals surface area contributed by atoms with Gasteiger partial charge < -0.3 is 5.32 Å². The van der Waals surface area contributed by atoms with Crippen molar-refractivity contribution in [1.29, 1.82) is 0 Å². The summed E-state index contributed by atoms with van der Waals surface area (Å²) in [5, 5.41) is 13.9. The molecule has 1 N–H and O–H groups in total. The molecule has 2 unspecified atom stereocenters. The SMILES string of the molecule is C[Si](C)(C)C1CC(CNc2ccc(Cl)cc2)([Si](C)(C)C)N=N1. The highest BCUT2D eigenvalue weighted by Crippen LogP contribution is 2.39. The monoisotopic (exact) mass is 353 g/mol. The Labute approximate surface area is 141 Å². The second-order valence-corrected chi connectivity index (χ2v) is 19.7. The maximum absolute atomic E-state index is 5.96. The molecule has 0 aromatic heterocycles. The minimum absolute atomic E-state index is 0.00240. The minimum Gasteiger partial charge on any atom is -0.383 e. The molecule has 2 rings (SSSR count). The van der Waals surface area contributed by atoms with Crippen LogP contribution < -0.4 is 5.32 Å². The van der Waals surface area contributed by atoms with E-state index in [0.29, 0.717) is 5.67 Å². The third-order valence-corrected chi connectivity index (χ3v) is 10.6. The predicted octanol–water partition coefficient (Wildman–Crippen LogP) is 5.47. The summed E-state index contributed by atoms with van der Waals surface area (Å²) in [6.07, 6.45) is 1.11. The maximum atomic E-state index is 5.96. The van der Waals surface area contributed by atoms with E-state index in [1.54, 1.807) is 0 Å². The summed E-state index contributed by atoms with van der Waals surface area (Å²) in [5.74, 6) is 0. The van der Waals surface area contributed by atoms with E-state index >= 15 is 0 Å². The first-order valence-electron chi connectivity index (χ1n) is 7.95. The number of nitrogens with zero attached hydrogens (tertiary/aromatic N) is 2. The summed E-state index contributed by atoms with van der Waals surface area (Å²) in [7, 11) is -2.78. The van der Waals surface area contributed by atoms with Gasteiger partial charge in [-0.3, -0.25) is 0 Å². The number of benzene rings is 1. The fourth-order valence-electron chi connectivity index (χ4n) is 2.71. The Morgan fingerprint density at radius 1 is 1.14 bits per heavy atom. The lowest BCUT2D eigenvalue weighted by Crippen LogP contribution is -2.56. The van der Waals surface area contributed by atoms with Crippen LogP contribution in [-0.2, 0) is 0 Å². The van der Waals surface area contributed by atoms with Crippen LogP contribution in [0.15, 0.2) is 34.5 Å². The molecule has 0 radical (unpaired) electrons. The van der Waals surface area contributed by atoms with Crippen molar-refractivity contribution in [1.82, 2.24) is 0 Å². The first-order chi connectivity index (χ1) is 10.0. The largest absolute Gasteiger partial charge is 0.383 e. The van der Waals surface area contributed by atoms with Gasteiger partial charge in [0.15, 0.2) is 0 Å². The van der Waals surface area contributed by atoms with Crippen molar-refractivity contribution in [2.45, 2.75) is 56.5 Å². The zero-order chi connectivity index (χ0) is 16.6. The van der Waals surface area contributed by atoms with E-state index in [-0.39, 0.29) is 5.16 Å². The Bertz CT molecular complexity index is 546. The van der Waals surface area contributed by atoms with Crippen LogP contribution >= 0.6 is 11.6 Å². The van der Waals surface area contributed by atoms with Crippen molar-refractivity contribution in [2.75, 3.05) is 11.9 Å². The topological polar surface area (TPSA) is 36.8 Å². The molecule has 0 aliphatic carbocycles. The van der Waals surface area contributed by atoms with Gasteiger partial charge in [-0.15, -0.1) is 0 Å². The van der Waals surface area contributed by atoms with E-state index in [0.717, 1.165) is 23.7 Å². The molecule has 1 aromatic rings. The second kappa shape index (κ2) is 6.09. The van der Waals surface area contributed by atoms with Crippen molar-refractivity contribution in [3.8, 4) is 0 Å². The Morgan fingerprint density at radius 3 is 2.18 bits per heavy atom. The number of hydrogen-bond acceptors (Lipinski definition) is 3. The van der Waals surface area contributed by atoms with Crippen LogP contribution in [0.25, 0.3) is 0 Å². The Kier molecular flexibility index (Phi) is 4.90. The normalized spacial score (nSPS) is 25.5. The second-order valence-electron chi connectivity index (χ2n) is 8.44. The average molecular weight is 354 g/mol. The first kappa shape index (κ1) is 17.7. The molecule has 0 bridgehead atoms. The van der Waals surface area contributed by atoms with Crippen molar-refractivity contribution in [3.05, 3.63) is 29.3 Å². The van der Waals surface area contributed by atoms with Crippen LogP contribution in [0.4, 0.5) is 5.69 Å².